The molecule has 3 rings (SSSR count). The van der Waals surface area contributed by atoms with Crippen molar-refractivity contribution in [2.24, 2.45) is 0 Å². The lowest BCUT2D eigenvalue weighted by molar-refractivity contribution is -0.126. The summed E-state index contributed by atoms with van der Waals surface area (Å²) < 4.78 is 25.0. The Morgan fingerprint density at radius 3 is 2.36 bits per heavy atom. The lowest BCUT2D eigenvalue weighted by atomic mass is 10.1. The normalized spacial score (nSPS) is 23.0. The van der Waals surface area contributed by atoms with E-state index in [0.29, 0.717) is 37.3 Å². The second-order valence-corrected chi connectivity index (χ2v) is 9.50. The highest BCUT2D eigenvalue weighted by molar-refractivity contribution is 7.93. The molecule has 0 bridgehead atoms. The van der Waals surface area contributed by atoms with Crippen molar-refractivity contribution in [3.8, 4) is 0 Å². The number of likely N-dealkylation sites (tertiary alicyclic amines) is 1. The summed E-state index contributed by atoms with van der Waals surface area (Å²) in [6, 6.07) is 5.57. The summed E-state index contributed by atoms with van der Waals surface area (Å²) in [5.41, 5.74) is 0. The number of likely N-dealkylation sites (N-methyl/N-ethyl adjacent to an activating group) is 1. The van der Waals surface area contributed by atoms with Gasteiger partial charge in [0.25, 0.3) is 0 Å². The summed E-state index contributed by atoms with van der Waals surface area (Å²) in [4.78, 5) is 26.3. The van der Waals surface area contributed by atoms with E-state index in [4.69, 9.17) is 11.6 Å². The van der Waals surface area contributed by atoms with Gasteiger partial charge in [0.2, 0.25) is 11.8 Å². The predicted molar refractivity (Wildman–Crippen MR) is 94.0 cm³/mol. The van der Waals surface area contributed by atoms with E-state index in [1.54, 1.807) is 11.9 Å². The SMILES string of the molecule is CN1CC(NC(=O)C2(S(=O)(=O)c3ccc(Cl)cc3)CCCC2)CC1=O. The monoisotopic (exact) mass is 384 g/mol. The van der Waals surface area contributed by atoms with Crippen LogP contribution in [0, 0.1) is 0 Å². The van der Waals surface area contributed by atoms with Crippen LogP contribution in [0.3, 0.4) is 0 Å². The third kappa shape index (κ3) is 3.15. The van der Waals surface area contributed by atoms with Crippen molar-refractivity contribution in [2.45, 2.75) is 47.8 Å². The molecular weight excluding hydrogens is 364 g/mol. The molecule has 1 aromatic carbocycles. The highest BCUT2D eigenvalue weighted by Gasteiger charge is 2.53. The Kier molecular flexibility index (Phi) is 4.81. The predicted octanol–water partition coefficient (Wildman–Crippen LogP) is 1.77. The fourth-order valence-corrected chi connectivity index (χ4v) is 5.88. The van der Waals surface area contributed by atoms with Crippen molar-refractivity contribution in [1.29, 1.82) is 0 Å². The highest BCUT2D eigenvalue weighted by Crippen LogP contribution is 2.41. The smallest absolute Gasteiger partial charge is 0.242 e. The van der Waals surface area contributed by atoms with Gasteiger partial charge in [0.05, 0.1) is 10.9 Å². The molecule has 1 saturated carbocycles. The number of amides is 2. The van der Waals surface area contributed by atoms with Crippen molar-refractivity contribution in [3.05, 3.63) is 29.3 Å². The van der Waals surface area contributed by atoms with E-state index in [1.165, 1.54) is 24.3 Å². The zero-order valence-electron chi connectivity index (χ0n) is 14.0. The minimum Gasteiger partial charge on any atom is -0.350 e. The van der Waals surface area contributed by atoms with Gasteiger partial charge in [-0.25, -0.2) is 8.42 Å². The molecule has 2 amide bonds. The first-order chi connectivity index (χ1) is 11.8. The Hall–Kier alpha value is -1.60. The fourth-order valence-electron chi connectivity index (χ4n) is 3.68. The number of carbonyl (C=O) groups is 2. The molecule has 0 radical (unpaired) electrons. The zero-order valence-corrected chi connectivity index (χ0v) is 15.6. The van der Waals surface area contributed by atoms with E-state index in [0.717, 1.165) is 0 Å². The number of nitrogens with one attached hydrogen (secondary N) is 1. The van der Waals surface area contributed by atoms with Gasteiger partial charge in [-0.05, 0) is 37.1 Å². The molecule has 1 saturated heterocycles. The highest BCUT2D eigenvalue weighted by atomic mass is 35.5. The molecule has 2 fully saturated rings. The van der Waals surface area contributed by atoms with Crippen molar-refractivity contribution < 1.29 is 18.0 Å². The van der Waals surface area contributed by atoms with Crippen LogP contribution in [0.4, 0.5) is 0 Å². The van der Waals surface area contributed by atoms with Crippen molar-refractivity contribution in [2.75, 3.05) is 13.6 Å². The minimum atomic E-state index is -3.85. The molecule has 1 N–H and O–H groups in total. The molecule has 1 unspecified atom stereocenters. The molecule has 2 aliphatic rings. The van der Waals surface area contributed by atoms with Crippen LogP contribution in [0.15, 0.2) is 29.2 Å². The van der Waals surface area contributed by atoms with Gasteiger partial charge >= 0.3 is 0 Å². The van der Waals surface area contributed by atoms with E-state index in [1.807, 2.05) is 0 Å². The van der Waals surface area contributed by atoms with Crippen molar-refractivity contribution >= 4 is 33.3 Å². The number of hydrogen-bond donors (Lipinski definition) is 1. The number of sulfone groups is 1. The van der Waals surface area contributed by atoms with E-state index < -0.39 is 20.5 Å². The minimum absolute atomic E-state index is 0.0497. The molecular formula is C17H21ClN2O4S. The molecule has 1 aliphatic carbocycles. The lowest BCUT2D eigenvalue weighted by Crippen LogP contribution is -2.53. The first-order valence-electron chi connectivity index (χ1n) is 8.31. The Morgan fingerprint density at radius 2 is 1.84 bits per heavy atom. The van der Waals surface area contributed by atoms with E-state index in [9.17, 15) is 18.0 Å². The molecule has 25 heavy (non-hydrogen) atoms. The van der Waals surface area contributed by atoms with Crippen LogP contribution in [0.5, 0.6) is 0 Å². The Bertz CT molecular complexity index is 785. The number of hydrogen-bond acceptors (Lipinski definition) is 4. The van der Waals surface area contributed by atoms with Crippen LogP contribution in [0.1, 0.15) is 32.1 Å². The van der Waals surface area contributed by atoms with Gasteiger partial charge in [0.15, 0.2) is 14.6 Å². The number of carbonyl (C=O) groups excluding carboxylic acids is 2. The second kappa shape index (κ2) is 6.61. The van der Waals surface area contributed by atoms with E-state index >= 15 is 0 Å². The number of benzene rings is 1. The molecule has 1 atom stereocenters. The van der Waals surface area contributed by atoms with Gasteiger partial charge in [0.1, 0.15) is 0 Å². The summed E-state index contributed by atoms with van der Waals surface area (Å²) in [5, 5.41) is 3.24. The maximum Gasteiger partial charge on any atom is 0.242 e. The van der Waals surface area contributed by atoms with Gasteiger partial charge in [-0.15, -0.1) is 0 Å². The molecule has 0 aromatic heterocycles. The quantitative estimate of drug-likeness (QED) is 0.857. The molecule has 0 spiro atoms. The molecule has 1 heterocycles. The van der Waals surface area contributed by atoms with Gasteiger partial charge in [-0.3, -0.25) is 9.59 Å². The van der Waals surface area contributed by atoms with Gasteiger partial charge in [-0.2, -0.15) is 0 Å². The van der Waals surface area contributed by atoms with Crippen LogP contribution in [0.25, 0.3) is 0 Å². The topological polar surface area (TPSA) is 83.6 Å². The van der Waals surface area contributed by atoms with Gasteiger partial charge in [0, 0.05) is 25.0 Å². The van der Waals surface area contributed by atoms with Crippen LogP contribution in [-0.2, 0) is 19.4 Å². The maximum atomic E-state index is 13.2. The van der Waals surface area contributed by atoms with Crippen LogP contribution >= 0.6 is 11.6 Å². The Labute approximate surface area is 152 Å². The summed E-state index contributed by atoms with van der Waals surface area (Å²) in [6.07, 6.45) is 2.16. The molecule has 1 aromatic rings. The Morgan fingerprint density at radius 1 is 1.24 bits per heavy atom. The van der Waals surface area contributed by atoms with Crippen LogP contribution in [-0.4, -0.2) is 49.5 Å². The average molecular weight is 385 g/mol. The summed E-state index contributed by atoms with van der Waals surface area (Å²) in [6.45, 7) is 0.404. The summed E-state index contributed by atoms with van der Waals surface area (Å²) >= 11 is 5.85. The van der Waals surface area contributed by atoms with Crippen LogP contribution < -0.4 is 5.32 Å². The number of nitrogens with zero attached hydrogens (tertiary/aromatic N) is 1. The Balaban J connectivity index is 1.89. The zero-order chi connectivity index (χ0) is 18.2. The third-order valence-electron chi connectivity index (χ3n) is 5.14. The standard InChI is InChI=1S/C17H21ClN2O4S/c1-20-11-13(10-15(20)21)19-16(22)17(8-2-3-9-17)25(23,24)14-6-4-12(18)5-7-14/h4-7,13H,2-3,8-11H2,1H3,(H,19,22). The summed E-state index contributed by atoms with van der Waals surface area (Å²) in [7, 11) is -2.18. The maximum absolute atomic E-state index is 13.2. The first-order valence-corrected chi connectivity index (χ1v) is 10.2. The molecule has 6 nitrogen and oxygen atoms in total. The lowest BCUT2D eigenvalue weighted by Gasteiger charge is -2.29. The van der Waals surface area contributed by atoms with Gasteiger partial charge in [-0.1, -0.05) is 24.4 Å². The average Bonchev–Trinajstić information content (AvgIpc) is 3.16. The molecule has 136 valence electrons. The largest absolute Gasteiger partial charge is 0.350 e. The number of rotatable bonds is 4. The van der Waals surface area contributed by atoms with Crippen molar-refractivity contribution in [1.82, 2.24) is 10.2 Å². The fraction of sp³-hybridized carbons (Fsp3) is 0.529. The van der Waals surface area contributed by atoms with E-state index in [2.05, 4.69) is 5.32 Å². The van der Waals surface area contributed by atoms with Crippen molar-refractivity contribution in [3.63, 3.8) is 0 Å². The molecule has 1 aliphatic heterocycles. The van der Waals surface area contributed by atoms with Gasteiger partial charge < -0.3 is 10.2 Å². The summed E-state index contributed by atoms with van der Waals surface area (Å²) in [5.74, 6) is -0.542. The molecule has 8 heteroatoms. The van der Waals surface area contributed by atoms with E-state index in [-0.39, 0.29) is 23.3 Å². The number of halogens is 1. The third-order valence-corrected chi connectivity index (χ3v) is 7.91. The first kappa shape index (κ1) is 18.2. The second-order valence-electron chi connectivity index (χ2n) is 6.81. The van der Waals surface area contributed by atoms with Crippen LogP contribution in [0.2, 0.25) is 5.02 Å².